The zero-order valence-electron chi connectivity index (χ0n) is 13.0. The molecule has 1 aliphatic carbocycles. The van der Waals surface area contributed by atoms with E-state index in [0.717, 1.165) is 12.8 Å². The zero-order chi connectivity index (χ0) is 17.4. The predicted octanol–water partition coefficient (Wildman–Crippen LogP) is 2.78. The minimum Gasteiger partial charge on any atom is -0.452 e. The van der Waals surface area contributed by atoms with Gasteiger partial charge in [0.25, 0.3) is 0 Å². The Hall–Kier alpha value is -3.49. The molecule has 0 spiro atoms. The van der Waals surface area contributed by atoms with Crippen molar-refractivity contribution in [1.82, 2.24) is 14.4 Å². The summed E-state index contributed by atoms with van der Waals surface area (Å²) in [5, 5.41) is 13.4. The number of nitrogens with one attached hydrogen (secondary N) is 1. The van der Waals surface area contributed by atoms with Gasteiger partial charge in [-0.15, -0.1) is 0 Å². The summed E-state index contributed by atoms with van der Waals surface area (Å²) < 4.78 is 7.37. The Labute approximate surface area is 141 Å². The molecule has 1 N–H and O–H groups in total. The van der Waals surface area contributed by atoms with E-state index in [1.807, 2.05) is 0 Å². The van der Waals surface area contributed by atoms with E-state index in [-0.39, 0.29) is 17.6 Å². The largest absolute Gasteiger partial charge is 0.452 e. The molecule has 9 nitrogen and oxygen atoms in total. The first-order valence-electron chi connectivity index (χ1n) is 7.66. The van der Waals surface area contributed by atoms with Crippen LogP contribution >= 0.6 is 0 Å². The first-order valence-corrected chi connectivity index (χ1v) is 7.66. The molecule has 3 aromatic rings. The molecule has 25 heavy (non-hydrogen) atoms. The Kier molecular flexibility index (Phi) is 3.53. The molecule has 3 aromatic heterocycles. The number of ether oxygens (including phenoxy) is 1. The number of carbonyl (C=O) groups excluding carboxylic acids is 1. The minimum atomic E-state index is -0.571. The van der Waals surface area contributed by atoms with Crippen LogP contribution in [-0.4, -0.2) is 25.2 Å². The molecule has 1 amide bonds. The van der Waals surface area contributed by atoms with Crippen LogP contribution in [0.2, 0.25) is 0 Å². The summed E-state index contributed by atoms with van der Waals surface area (Å²) >= 11 is 0. The van der Waals surface area contributed by atoms with Crippen molar-refractivity contribution < 1.29 is 14.5 Å². The average molecular weight is 339 g/mol. The highest BCUT2D eigenvalue weighted by Crippen LogP contribution is 2.30. The number of pyridine rings is 2. The van der Waals surface area contributed by atoms with Gasteiger partial charge in [-0.25, -0.2) is 4.98 Å². The van der Waals surface area contributed by atoms with Crippen molar-refractivity contribution in [2.24, 2.45) is 5.92 Å². The van der Waals surface area contributed by atoms with E-state index in [9.17, 15) is 14.9 Å². The first-order chi connectivity index (χ1) is 12.1. The molecule has 3 heterocycles. The van der Waals surface area contributed by atoms with Gasteiger partial charge in [0.1, 0.15) is 11.4 Å². The van der Waals surface area contributed by atoms with Crippen LogP contribution in [0.25, 0.3) is 5.65 Å². The number of fused-ring (bicyclic) bond motifs is 1. The van der Waals surface area contributed by atoms with Gasteiger partial charge in [0.05, 0.1) is 12.4 Å². The maximum Gasteiger partial charge on any atom is 0.363 e. The van der Waals surface area contributed by atoms with Gasteiger partial charge in [-0.05, 0) is 40.9 Å². The van der Waals surface area contributed by atoms with Crippen molar-refractivity contribution in [3.05, 3.63) is 53.0 Å². The van der Waals surface area contributed by atoms with E-state index in [1.165, 1.54) is 18.3 Å². The van der Waals surface area contributed by atoms with E-state index in [1.54, 1.807) is 28.9 Å². The highest BCUT2D eigenvalue weighted by atomic mass is 16.6. The van der Waals surface area contributed by atoms with Gasteiger partial charge in [0.15, 0.2) is 17.8 Å². The molecule has 0 saturated heterocycles. The minimum absolute atomic E-state index is 0.00293. The second kappa shape index (κ2) is 5.86. The predicted molar refractivity (Wildman–Crippen MR) is 87.5 cm³/mol. The van der Waals surface area contributed by atoms with Gasteiger partial charge >= 0.3 is 5.82 Å². The van der Waals surface area contributed by atoms with Crippen LogP contribution in [0.1, 0.15) is 12.8 Å². The number of carbonyl (C=O) groups is 1. The Balaban J connectivity index is 1.51. The van der Waals surface area contributed by atoms with Crippen molar-refractivity contribution in [2.75, 3.05) is 5.32 Å². The molecule has 1 saturated carbocycles. The Morgan fingerprint density at radius 3 is 2.72 bits per heavy atom. The Morgan fingerprint density at radius 1 is 1.24 bits per heavy atom. The molecule has 0 atom stereocenters. The van der Waals surface area contributed by atoms with E-state index in [4.69, 9.17) is 4.74 Å². The molecule has 0 radical (unpaired) electrons. The smallest absolute Gasteiger partial charge is 0.363 e. The second-order valence-corrected chi connectivity index (χ2v) is 5.73. The number of nitrogens with zero attached hydrogens (tertiary/aromatic N) is 4. The number of hydrogen-bond acceptors (Lipinski definition) is 6. The van der Waals surface area contributed by atoms with Crippen LogP contribution < -0.4 is 10.1 Å². The number of rotatable bonds is 5. The Morgan fingerprint density at radius 2 is 2.04 bits per heavy atom. The lowest BCUT2D eigenvalue weighted by molar-refractivity contribution is -0.389. The third-order valence-corrected chi connectivity index (χ3v) is 3.77. The maximum atomic E-state index is 11.8. The second-order valence-electron chi connectivity index (χ2n) is 5.73. The van der Waals surface area contributed by atoms with Gasteiger partial charge in [0, 0.05) is 12.0 Å². The number of nitro groups is 1. The summed E-state index contributed by atoms with van der Waals surface area (Å²) in [5.41, 5.74) is 0.667. The quantitative estimate of drug-likeness (QED) is 0.565. The van der Waals surface area contributed by atoms with Crippen molar-refractivity contribution >= 4 is 23.2 Å². The molecule has 4 rings (SSSR count). The zero-order valence-corrected chi connectivity index (χ0v) is 13.0. The molecule has 9 heteroatoms. The number of aromatic nitrogens is 3. The molecule has 0 unspecified atom stereocenters. The van der Waals surface area contributed by atoms with E-state index in [0.29, 0.717) is 23.0 Å². The topological polar surface area (TPSA) is 112 Å². The summed E-state index contributed by atoms with van der Waals surface area (Å²) in [6.07, 6.45) is 6.56. The average Bonchev–Trinajstić information content (AvgIpc) is 3.36. The summed E-state index contributed by atoms with van der Waals surface area (Å²) in [7, 11) is 0. The van der Waals surface area contributed by atoms with Gasteiger partial charge in [-0.2, -0.15) is 0 Å². The molecule has 1 aliphatic rings. The van der Waals surface area contributed by atoms with E-state index < -0.39 is 4.92 Å². The lowest BCUT2D eigenvalue weighted by Crippen LogP contribution is -2.13. The van der Waals surface area contributed by atoms with Crippen LogP contribution in [0.15, 0.2) is 42.9 Å². The van der Waals surface area contributed by atoms with Crippen LogP contribution in [0.4, 0.5) is 11.6 Å². The lowest BCUT2D eigenvalue weighted by Gasteiger charge is -2.04. The number of anilines is 1. The van der Waals surface area contributed by atoms with Crippen molar-refractivity contribution in [2.45, 2.75) is 12.8 Å². The fourth-order valence-electron chi connectivity index (χ4n) is 2.34. The lowest BCUT2D eigenvalue weighted by atomic mass is 10.4. The number of hydrogen-bond donors (Lipinski definition) is 1. The molecule has 1 fully saturated rings. The highest BCUT2D eigenvalue weighted by molar-refractivity contribution is 5.93. The van der Waals surface area contributed by atoms with E-state index in [2.05, 4.69) is 15.3 Å². The van der Waals surface area contributed by atoms with Gasteiger partial charge in [0.2, 0.25) is 5.91 Å². The van der Waals surface area contributed by atoms with Crippen LogP contribution in [0, 0.1) is 16.0 Å². The summed E-state index contributed by atoms with van der Waals surface area (Å²) in [4.78, 5) is 29.9. The van der Waals surface area contributed by atoms with Gasteiger partial charge in [-0.3, -0.25) is 4.79 Å². The number of imidazole rings is 1. The third-order valence-electron chi connectivity index (χ3n) is 3.77. The fourth-order valence-corrected chi connectivity index (χ4v) is 2.34. The Bertz CT molecular complexity index is 962. The molecule has 0 aromatic carbocycles. The molecular weight excluding hydrogens is 326 g/mol. The fraction of sp³-hybridized carbons (Fsp3) is 0.188. The summed E-state index contributed by atoms with van der Waals surface area (Å²) in [6, 6.07) is 6.22. The van der Waals surface area contributed by atoms with Crippen LogP contribution in [0.5, 0.6) is 11.5 Å². The molecule has 0 aliphatic heterocycles. The monoisotopic (exact) mass is 339 g/mol. The maximum absolute atomic E-state index is 11.8. The van der Waals surface area contributed by atoms with Gasteiger partial charge in [-0.1, -0.05) is 0 Å². The van der Waals surface area contributed by atoms with Gasteiger partial charge < -0.3 is 24.6 Å². The number of amides is 1. The summed E-state index contributed by atoms with van der Waals surface area (Å²) in [6.45, 7) is 0. The third kappa shape index (κ3) is 3.25. The SMILES string of the molecule is O=C(Nc1cn2cc(Oc3ccc([N+](=O)[O-])nc3)ccc2n1)C1CC1. The van der Waals surface area contributed by atoms with Crippen LogP contribution in [-0.2, 0) is 4.79 Å². The van der Waals surface area contributed by atoms with E-state index >= 15 is 0 Å². The highest BCUT2D eigenvalue weighted by Gasteiger charge is 2.29. The standard InChI is InChI=1S/C16H13N5O4/c22-16(10-1-2-10)19-13-9-20-8-12(4-6-15(20)18-13)25-11-3-5-14(17-7-11)21(23)24/h3-10H,1-2H2,(H,19,22). The molecule has 0 bridgehead atoms. The van der Waals surface area contributed by atoms with Crippen molar-refractivity contribution in [1.29, 1.82) is 0 Å². The first kappa shape index (κ1) is 15.1. The molecule has 126 valence electrons. The van der Waals surface area contributed by atoms with Crippen molar-refractivity contribution in [3.8, 4) is 11.5 Å². The normalized spacial score (nSPS) is 13.6. The van der Waals surface area contributed by atoms with Crippen LogP contribution in [0.3, 0.4) is 0 Å². The summed E-state index contributed by atoms with van der Waals surface area (Å²) in [5.74, 6) is 1.25. The molecular formula is C16H13N5O4. The van der Waals surface area contributed by atoms with Crippen molar-refractivity contribution in [3.63, 3.8) is 0 Å².